The molecule has 0 saturated heterocycles. The zero-order chi connectivity index (χ0) is 20.9. The van der Waals surface area contributed by atoms with Gasteiger partial charge in [0.2, 0.25) is 0 Å². The molecule has 1 aromatic heterocycles. The maximum absolute atomic E-state index is 12.8. The summed E-state index contributed by atoms with van der Waals surface area (Å²) in [4.78, 5) is 17.5. The van der Waals surface area contributed by atoms with Crippen LogP contribution in [-0.2, 0) is 4.74 Å². The van der Waals surface area contributed by atoms with Crippen LogP contribution >= 0.6 is 23.2 Å². The standard InChI is InChI=1S/C24H17Cl2NO3/c25-17-11-9-16(10-12-17)22-15-19(18-5-1-3-7-21(18)27-22)24(28)30-14-13-29-23-8-4-2-6-20(23)26/h1-12,15H,13-14H2. The zero-order valence-corrected chi connectivity index (χ0v) is 17.4. The number of hydrogen-bond donors (Lipinski definition) is 0. The molecule has 0 saturated carbocycles. The Morgan fingerprint density at radius 1 is 0.867 bits per heavy atom. The molecule has 0 atom stereocenters. The number of aromatic nitrogens is 1. The van der Waals surface area contributed by atoms with Gasteiger partial charge in [-0.05, 0) is 36.4 Å². The Labute approximate surface area is 184 Å². The predicted molar refractivity (Wildman–Crippen MR) is 119 cm³/mol. The van der Waals surface area contributed by atoms with Gasteiger partial charge in [-0.25, -0.2) is 9.78 Å². The molecular weight excluding hydrogens is 421 g/mol. The van der Waals surface area contributed by atoms with E-state index in [-0.39, 0.29) is 13.2 Å². The third kappa shape index (κ3) is 4.56. The van der Waals surface area contributed by atoms with Gasteiger partial charge in [0.05, 0.1) is 21.8 Å². The summed E-state index contributed by atoms with van der Waals surface area (Å²) in [5.41, 5.74) is 2.69. The summed E-state index contributed by atoms with van der Waals surface area (Å²) in [5.74, 6) is 0.112. The molecule has 6 heteroatoms. The third-order valence-electron chi connectivity index (χ3n) is 4.49. The summed E-state index contributed by atoms with van der Waals surface area (Å²) in [6.07, 6.45) is 0. The van der Waals surface area contributed by atoms with E-state index in [9.17, 15) is 4.79 Å². The second kappa shape index (κ2) is 9.16. The van der Waals surface area contributed by atoms with Gasteiger partial charge in [-0.1, -0.05) is 65.7 Å². The van der Waals surface area contributed by atoms with Crippen molar-refractivity contribution in [1.82, 2.24) is 4.98 Å². The number of para-hydroxylation sites is 2. The molecule has 0 spiro atoms. The van der Waals surface area contributed by atoms with E-state index in [0.717, 1.165) is 10.9 Å². The minimum atomic E-state index is -0.438. The van der Waals surface area contributed by atoms with Gasteiger partial charge in [-0.3, -0.25) is 0 Å². The first-order valence-electron chi connectivity index (χ1n) is 9.32. The van der Waals surface area contributed by atoms with Gasteiger partial charge in [0, 0.05) is 16.0 Å². The van der Waals surface area contributed by atoms with Crippen molar-refractivity contribution in [3.63, 3.8) is 0 Å². The van der Waals surface area contributed by atoms with Gasteiger partial charge < -0.3 is 9.47 Å². The SMILES string of the molecule is O=C(OCCOc1ccccc1Cl)c1cc(-c2ccc(Cl)cc2)nc2ccccc12. The van der Waals surface area contributed by atoms with Crippen LogP contribution in [0.5, 0.6) is 5.75 Å². The Morgan fingerprint density at radius 2 is 1.60 bits per heavy atom. The van der Waals surface area contributed by atoms with Crippen LogP contribution in [0.25, 0.3) is 22.2 Å². The second-order valence-electron chi connectivity index (χ2n) is 6.49. The maximum Gasteiger partial charge on any atom is 0.339 e. The van der Waals surface area contributed by atoms with Crippen molar-refractivity contribution in [2.45, 2.75) is 0 Å². The number of benzene rings is 3. The lowest BCUT2D eigenvalue weighted by Gasteiger charge is -2.11. The normalized spacial score (nSPS) is 10.7. The van der Waals surface area contributed by atoms with E-state index in [1.165, 1.54) is 0 Å². The number of halogens is 2. The van der Waals surface area contributed by atoms with E-state index in [2.05, 4.69) is 4.98 Å². The Balaban J connectivity index is 1.54. The average molecular weight is 438 g/mol. The fourth-order valence-electron chi connectivity index (χ4n) is 3.04. The van der Waals surface area contributed by atoms with Crippen LogP contribution < -0.4 is 4.74 Å². The molecule has 4 aromatic rings. The molecule has 30 heavy (non-hydrogen) atoms. The molecule has 0 amide bonds. The van der Waals surface area contributed by atoms with Gasteiger partial charge in [-0.15, -0.1) is 0 Å². The first-order valence-corrected chi connectivity index (χ1v) is 10.1. The highest BCUT2D eigenvalue weighted by Crippen LogP contribution is 2.27. The third-order valence-corrected chi connectivity index (χ3v) is 5.05. The molecule has 4 rings (SSSR count). The number of ether oxygens (including phenoxy) is 2. The molecule has 0 aliphatic rings. The quantitative estimate of drug-likeness (QED) is 0.257. The number of carbonyl (C=O) groups is 1. The van der Waals surface area contributed by atoms with Crippen LogP contribution in [0, 0.1) is 0 Å². The first-order chi connectivity index (χ1) is 14.6. The van der Waals surface area contributed by atoms with Crippen LogP contribution in [0.15, 0.2) is 78.9 Å². The van der Waals surface area contributed by atoms with Crippen LogP contribution in [-0.4, -0.2) is 24.2 Å². The molecule has 0 aliphatic carbocycles. The van der Waals surface area contributed by atoms with Crippen molar-refractivity contribution in [2.75, 3.05) is 13.2 Å². The summed E-state index contributed by atoms with van der Waals surface area (Å²) in [6.45, 7) is 0.291. The number of carbonyl (C=O) groups excluding carboxylic acids is 1. The first kappa shape index (κ1) is 20.2. The highest BCUT2D eigenvalue weighted by atomic mass is 35.5. The highest BCUT2D eigenvalue weighted by molar-refractivity contribution is 6.32. The molecule has 0 N–H and O–H groups in total. The number of rotatable bonds is 6. The van der Waals surface area contributed by atoms with Crippen LogP contribution in [0.1, 0.15) is 10.4 Å². The molecule has 0 radical (unpaired) electrons. The number of hydrogen-bond acceptors (Lipinski definition) is 4. The van der Waals surface area contributed by atoms with Crippen LogP contribution in [0.3, 0.4) is 0 Å². The number of nitrogens with zero attached hydrogens (tertiary/aromatic N) is 1. The fourth-order valence-corrected chi connectivity index (χ4v) is 3.35. The molecule has 1 heterocycles. The zero-order valence-electron chi connectivity index (χ0n) is 15.8. The molecule has 150 valence electrons. The smallest absolute Gasteiger partial charge is 0.339 e. The largest absolute Gasteiger partial charge is 0.488 e. The summed E-state index contributed by atoms with van der Waals surface area (Å²) in [6, 6.07) is 23.7. The van der Waals surface area contributed by atoms with E-state index in [1.54, 1.807) is 30.3 Å². The van der Waals surface area contributed by atoms with E-state index in [0.29, 0.717) is 32.6 Å². The second-order valence-corrected chi connectivity index (χ2v) is 7.34. The van der Waals surface area contributed by atoms with Gasteiger partial charge in [0.25, 0.3) is 0 Å². The Morgan fingerprint density at radius 3 is 2.40 bits per heavy atom. The minimum Gasteiger partial charge on any atom is -0.488 e. The van der Waals surface area contributed by atoms with Crippen molar-refractivity contribution in [3.05, 3.63) is 94.5 Å². The lowest BCUT2D eigenvalue weighted by atomic mass is 10.0. The topological polar surface area (TPSA) is 48.4 Å². The molecule has 0 aliphatic heterocycles. The maximum atomic E-state index is 12.8. The summed E-state index contributed by atoms with van der Waals surface area (Å²) in [5, 5.41) is 1.88. The highest BCUT2D eigenvalue weighted by Gasteiger charge is 2.15. The van der Waals surface area contributed by atoms with Gasteiger partial charge in [0.15, 0.2) is 0 Å². The lowest BCUT2D eigenvalue weighted by molar-refractivity contribution is 0.0453. The van der Waals surface area contributed by atoms with Crippen LogP contribution in [0.2, 0.25) is 10.0 Å². The minimum absolute atomic E-state index is 0.0942. The average Bonchev–Trinajstić information content (AvgIpc) is 2.77. The number of esters is 1. The monoisotopic (exact) mass is 437 g/mol. The Bertz CT molecular complexity index is 1190. The summed E-state index contributed by atoms with van der Waals surface area (Å²) in [7, 11) is 0. The predicted octanol–water partition coefficient (Wildman–Crippen LogP) is 6.44. The Hall–Kier alpha value is -3.08. The molecule has 3 aromatic carbocycles. The van der Waals surface area contributed by atoms with E-state index in [1.807, 2.05) is 48.5 Å². The van der Waals surface area contributed by atoms with E-state index < -0.39 is 5.97 Å². The van der Waals surface area contributed by atoms with Crippen LogP contribution in [0.4, 0.5) is 0 Å². The summed E-state index contributed by atoms with van der Waals surface area (Å²) < 4.78 is 11.0. The molecule has 0 unspecified atom stereocenters. The molecule has 0 fully saturated rings. The molecule has 4 nitrogen and oxygen atoms in total. The van der Waals surface area contributed by atoms with Gasteiger partial charge >= 0.3 is 5.97 Å². The van der Waals surface area contributed by atoms with Crippen molar-refractivity contribution in [3.8, 4) is 17.0 Å². The summed E-state index contributed by atoms with van der Waals surface area (Å²) >= 11 is 12.1. The lowest BCUT2D eigenvalue weighted by Crippen LogP contribution is -2.13. The fraction of sp³-hybridized carbons (Fsp3) is 0.0833. The van der Waals surface area contributed by atoms with Crippen molar-refractivity contribution in [2.24, 2.45) is 0 Å². The Kier molecular flexibility index (Phi) is 6.17. The van der Waals surface area contributed by atoms with Gasteiger partial charge in [0.1, 0.15) is 19.0 Å². The molecule has 0 bridgehead atoms. The van der Waals surface area contributed by atoms with Crippen molar-refractivity contribution >= 4 is 40.1 Å². The van der Waals surface area contributed by atoms with E-state index in [4.69, 9.17) is 32.7 Å². The molecular formula is C24H17Cl2NO3. The van der Waals surface area contributed by atoms with Gasteiger partial charge in [-0.2, -0.15) is 0 Å². The number of pyridine rings is 1. The van der Waals surface area contributed by atoms with E-state index >= 15 is 0 Å². The number of fused-ring (bicyclic) bond motifs is 1. The van der Waals surface area contributed by atoms with Crippen molar-refractivity contribution in [1.29, 1.82) is 0 Å². The van der Waals surface area contributed by atoms with Crippen molar-refractivity contribution < 1.29 is 14.3 Å².